The maximum absolute atomic E-state index is 12.8. The normalized spacial score (nSPS) is 27.2. The van der Waals surface area contributed by atoms with Gasteiger partial charge in [0.1, 0.15) is 0 Å². The molecule has 0 radical (unpaired) electrons. The Morgan fingerprint density at radius 2 is 2.00 bits per heavy atom. The highest BCUT2D eigenvalue weighted by Crippen LogP contribution is 2.27. The predicted molar refractivity (Wildman–Crippen MR) is 84.4 cm³/mol. The van der Waals surface area contributed by atoms with Crippen LogP contribution in [0.15, 0.2) is 24.3 Å². The van der Waals surface area contributed by atoms with Gasteiger partial charge in [0.15, 0.2) is 0 Å². The summed E-state index contributed by atoms with van der Waals surface area (Å²) in [5.74, 6) is 0. The van der Waals surface area contributed by atoms with E-state index in [0.29, 0.717) is 0 Å². The standard InChI is InChI=1S/C16H25NO2S/c1-11-5-7-14(8-6-11)16(17-4)13(3)20(18)15-9-10-19-12(15)2/h5-8,12-13,15-17H,9-10H2,1-4H3. The highest BCUT2D eigenvalue weighted by molar-refractivity contribution is 7.86. The van der Waals surface area contributed by atoms with Gasteiger partial charge in [-0.3, -0.25) is 4.21 Å². The lowest BCUT2D eigenvalue weighted by Gasteiger charge is -2.27. The van der Waals surface area contributed by atoms with Crippen molar-refractivity contribution < 1.29 is 8.95 Å². The summed E-state index contributed by atoms with van der Waals surface area (Å²) in [6, 6.07) is 8.58. The molecule has 1 aliphatic heterocycles. The maximum Gasteiger partial charge on any atom is 0.0691 e. The van der Waals surface area contributed by atoms with E-state index in [0.717, 1.165) is 13.0 Å². The van der Waals surface area contributed by atoms with E-state index in [9.17, 15) is 4.21 Å². The van der Waals surface area contributed by atoms with Crippen LogP contribution in [0.25, 0.3) is 0 Å². The summed E-state index contributed by atoms with van der Waals surface area (Å²) in [6.07, 6.45) is 1.01. The number of aryl methyl sites for hydroxylation is 1. The second kappa shape index (κ2) is 6.83. The summed E-state index contributed by atoms with van der Waals surface area (Å²) in [5, 5.41) is 3.55. The van der Waals surface area contributed by atoms with Crippen LogP contribution in [0, 0.1) is 6.92 Å². The molecular formula is C16H25NO2S. The highest BCUT2D eigenvalue weighted by Gasteiger charge is 2.35. The van der Waals surface area contributed by atoms with Crippen LogP contribution in [0.3, 0.4) is 0 Å². The van der Waals surface area contributed by atoms with E-state index >= 15 is 0 Å². The molecule has 0 aromatic heterocycles. The van der Waals surface area contributed by atoms with E-state index < -0.39 is 10.8 Å². The van der Waals surface area contributed by atoms with Gasteiger partial charge in [0.25, 0.3) is 0 Å². The molecule has 0 bridgehead atoms. The van der Waals surface area contributed by atoms with Crippen molar-refractivity contribution in [2.24, 2.45) is 0 Å². The number of hydrogen-bond donors (Lipinski definition) is 1. The molecule has 0 saturated carbocycles. The Kier molecular flexibility index (Phi) is 5.35. The molecule has 4 heteroatoms. The molecule has 0 amide bonds. The Morgan fingerprint density at radius 3 is 2.50 bits per heavy atom. The average molecular weight is 295 g/mol. The second-order valence-electron chi connectivity index (χ2n) is 5.61. The first kappa shape index (κ1) is 15.7. The minimum Gasteiger partial charge on any atom is -0.377 e. The summed E-state index contributed by atoms with van der Waals surface area (Å²) in [7, 11) is 1.04. The van der Waals surface area contributed by atoms with Crippen LogP contribution in [0.1, 0.15) is 37.4 Å². The summed E-state index contributed by atoms with van der Waals surface area (Å²) in [6.45, 7) is 6.92. The second-order valence-corrected chi connectivity index (χ2v) is 7.62. The van der Waals surface area contributed by atoms with Gasteiger partial charge >= 0.3 is 0 Å². The molecule has 20 heavy (non-hydrogen) atoms. The van der Waals surface area contributed by atoms with Crippen molar-refractivity contribution in [3.05, 3.63) is 35.4 Å². The fourth-order valence-electron chi connectivity index (χ4n) is 2.87. The molecule has 2 rings (SSSR count). The molecule has 5 unspecified atom stereocenters. The third-order valence-electron chi connectivity index (χ3n) is 4.19. The minimum atomic E-state index is -0.893. The Hall–Kier alpha value is -0.710. The molecule has 1 aromatic rings. The molecular weight excluding hydrogens is 270 g/mol. The monoisotopic (exact) mass is 295 g/mol. The van der Waals surface area contributed by atoms with Gasteiger partial charge in [0.05, 0.1) is 16.6 Å². The summed E-state index contributed by atoms with van der Waals surface area (Å²) in [5.41, 5.74) is 2.45. The summed E-state index contributed by atoms with van der Waals surface area (Å²) in [4.78, 5) is 0. The summed E-state index contributed by atoms with van der Waals surface area (Å²) >= 11 is 0. The Labute approximate surface area is 124 Å². The summed E-state index contributed by atoms with van der Waals surface area (Å²) < 4.78 is 18.3. The third-order valence-corrected chi connectivity index (χ3v) is 6.41. The quantitative estimate of drug-likeness (QED) is 0.907. The number of hydrogen-bond acceptors (Lipinski definition) is 3. The van der Waals surface area contributed by atoms with Crippen molar-refractivity contribution in [1.82, 2.24) is 5.32 Å². The van der Waals surface area contributed by atoms with E-state index in [1.165, 1.54) is 11.1 Å². The first-order valence-corrected chi connectivity index (χ1v) is 8.57. The van der Waals surface area contributed by atoms with Crippen molar-refractivity contribution in [1.29, 1.82) is 0 Å². The van der Waals surface area contributed by atoms with Crippen LogP contribution < -0.4 is 5.32 Å². The average Bonchev–Trinajstić information content (AvgIpc) is 2.87. The lowest BCUT2D eigenvalue weighted by molar-refractivity contribution is 0.126. The number of benzene rings is 1. The van der Waals surface area contributed by atoms with Crippen LogP contribution in [0.5, 0.6) is 0 Å². The van der Waals surface area contributed by atoms with Gasteiger partial charge in [-0.25, -0.2) is 0 Å². The van der Waals surface area contributed by atoms with Crippen molar-refractivity contribution in [2.75, 3.05) is 13.7 Å². The minimum absolute atomic E-state index is 0.0665. The molecule has 3 nitrogen and oxygen atoms in total. The molecule has 5 atom stereocenters. The van der Waals surface area contributed by atoms with Crippen LogP contribution in [-0.4, -0.2) is 34.5 Å². The van der Waals surface area contributed by atoms with Crippen molar-refractivity contribution >= 4 is 10.8 Å². The maximum atomic E-state index is 12.8. The van der Waals surface area contributed by atoms with Crippen LogP contribution in [0.4, 0.5) is 0 Å². The van der Waals surface area contributed by atoms with Crippen LogP contribution in [0.2, 0.25) is 0 Å². The molecule has 1 saturated heterocycles. The SMILES string of the molecule is CNC(c1ccc(C)cc1)C(C)S(=O)C1CCOC1C. The zero-order chi connectivity index (χ0) is 14.7. The smallest absolute Gasteiger partial charge is 0.0691 e. The zero-order valence-electron chi connectivity index (χ0n) is 12.8. The molecule has 0 spiro atoms. The van der Waals surface area contributed by atoms with E-state index in [1.54, 1.807) is 0 Å². The molecule has 0 aliphatic carbocycles. The van der Waals surface area contributed by atoms with Gasteiger partial charge in [0, 0.05) is 23.4 Å². The molecule has 1 aliphatic rings. The number of nitrogens with one attached hydrogen (secondary N) is 1. The van der Waals surface area contributed by atoms with Crippen molar-refractivity contribution in [3.8, 4) is 0 Å². The van der Waals surface area contributed by atoms with E-state index in [4.69, 9.17) is 4.74 Å². The zero-order valence-corrected chi connectivity index (χ0v) is 13.6. The van der Waals surface area contributed by atoms with Gasteiger partial charge in [-0.1, -0.05) is 29.8 Å². The molecule has 1 N–H and O–H groups in total. The van der Waals surface area contributed by atoms with Crippen LogP contribution >= 0.6 is 0 Å². The van der Waals surface area contributed by atoms with Gasteiger partial charge < -0.3 is 10.1 Å². The van der Waals surface area contributed by atoms with Gasteiger partial charge in [-0.05, 0) is 39.8 Å². The fourth-order valence-corrected chi connectivity index (χ4v) is 4.77. The van der Waals surface area contributed by atoms with Crippen molar-refractivity contribution in [3.63, 3.8) is 0 Å². The molecule has 112 valence electrons. The van der Waals surface area contributed by atoms with E-state index in [1.807, 2.05) is 14.0 Å². The Morgan fingerprint density at radius 1 is 1.35 bits per heavy atom. The first-order valence-electron chi connectivity index (χ1n) is 7.29. The predicted octanol–water partition coefficient (Wildman–Crippen LogP) is 2.57. The largest absolute Gasteiger partial charge is 0.377 e. The van der Waals surface area contributed by atoms with Gasteiger partial charge in [0.2, 0.25) is 0 Å². The van der Waals surface area contributed by atoms with Crippen molar-refractivity contribution in [2.45, 2.75) is 49.8 Å². The number of rotatable bonds is 5. The highest BCUT2D eigenvalue weighted by atomic mass is 32.2. The Bertz CT molecular complexity index is 460. The first-order chi connectivity index (χ1) is 9.54. The molecule has 1 heterocycles. The number of ether oxygens (including phenoxy) is 1. The third kappa shape index (κ3) is 3.30. The Balaban J connectivity index is 2.14. The topological polar surface area (TPSA) is 38.3 Å². The fraction of sp³-hybridized carbons (Fsp3) is 0.625. The lowest BCUT2D eigenvalue weighted by Crippen LogP contribution is -2.37. The van der Waals surface area contributed by atoms with Gasteiger partial charge in [-0.2, -0.15) is 0 Å². The van der Waals surface area contributed by atoms with Gasteiger partial charge in [-0.15, -0.1) is 0 Å². The van der Waals surface area contributed by atoms with E-state index in [-0.39, 0.29) is 22.6 Å². The lowest BCUT2D eigenvalue weighted by atomic mass is 10.0. The van der Waals surface area contributed by atoms with E-state index in [2.05, 4.69) is 43.4 Å². The molecule has 1 fully saturated rings. The van der Waals surface area contributed by atoms with Crippen LogP contribution in [-0.2, 0) is 15.5 Å². The molecule has 1 aromatic carbocycles.